The number of carbonyl (C=O) groups excluding carboxylic acids is 3. The van der Waals surface area contributed by atoms with Gasteiger partial charge in [0.15, 0.2) is 0 Å². The first-order valence-electron chi connectivity index (χ1n) is 8.04. The molecule has 1 atom stereocenters. The van der Waals surface area contributed by atoms with E-state index in [2.05, 4.69) is 5.32 Å². The fraction of sp³-hybridized carbons (Fsp3) is 0.211. The number of carbonyl (C=O) groups is 3. The predicted octanol–water partition coefficient (Wildman–Crippen LogP) is 4.25. The number of hydrogen-bond acceptors (Lipinski definition) is 3. The van der Waals surface area contributed by atoms with Crippen LogP contribution < -0.4 is 5.32 Å². The average molecular weight is 391 g/mol. The number of anilines is 1. The van der Waals surface area contributed by atoms with E-state index < -0.39 is 23.8 Å². The zero-order chi connectivity index (χ0) is 19.0. The van der Waals surface area contributed by atoms with Crippen LogP contribution in [0, 0.1) is 5.92 Å². The van der Waals surface area contributed by atoms with Gasteiger partial charge in [-0.25, -0.2) is 0 Å². The van der Waals surface area contributed by atoms with E-state index in [0.717, 1.165) is 4.90 Å². The number of fused-ring (bicyclic) bond motifs is 1. The second kappa shape index (κ2) is 7.09. The molecule has 0 fully saturated rings. The van der Waals surface area contributed by atoms with Crippen molar-refractivity contribution in [3.05, 3.63) is 63.6 Å². The zero-order valence-electron chi connectivity index (χ0n) is 14.1. The van der Waals surface area contributed by atoms with Gasteiger partial charge in [0.1, 0.15) is 6.04 Å². The van der Waals surface area contributed by atoms with Crippen LogP contribution in [0.15, 0.2) is 42.5 Å². The van der Waals surface area contributed by atoms with Crippen molar-refractivity contribution in [2.24, 2.45) is 5.92 Å². The van der Waals surface area contributed by atoms with Crippen LogP contribution in [-0.2, 0) is 4.79 Å². The number of rotatable bonds is 4. The molecule has 134 valence electrons. The standard InChI is InChI=1S/C19H16Cl2N2O3/c1-10(2)16(17(24)22-15-8-7-11(20)9-14(15)21)23-18(25)12-5-3-4-6-13(12)19(23)26/h3-10,16H,1-2H3,(H,22,24). The lowest BCUT2D eigenvalue weighted by atomic mass is 10.0. The third kappa shape index (κ3) is 3.20. The molecule has 1 N–H and O–H groups in total. The van der Waals surface area contributed by atoms with Crippen LogP contribution in [0.1, 0.15) is 34.6 Å². The minimum absolute atomic E-state index is 0.274. The number of halogens is 2. The highest BCUT2D eigenvalue weighted by Gasteiger charge is 2.43. The highest BCUT2D eigenvalue weighted by Crippen LogP contribution is 2.29. The molecular weight excluding hydrogens is 375 g/mol. The van der Waals surface area contributed by atoms with Crippen LogP contribution in [0.3, 0.4) is 0 Å². The van der Waals surface area contributed by atoms with E-state index >= 15 is 0 Å². The summed E-state index contributed by atoms with van der Waals surface area (Å²) < 4.78 is 0. The minimum atomic E-state index is -0.964. The van der Waals surface area contributed by atoms with Crippen molar-refractivity contribution in [3.8, 4) is 0 Å². The van der Waals surface area contributed by atoms with Crippen molar-refractivity contribution in [2.75, 3.05) is 5.32 Å². The fourth-order valence-corrected chi connectivity index (χ4v) is 3.43. The molecule has 0 saturated heterocycles. The van der Waals surface area contributed by atoms with Gasteiger partial charge in [0.05, 0.1) is 21.8 Å². The average Bonchev–Trinajstić information content (AvgIpc) is 2.83. The van der Waals surface area contributed by atoms with Gasteiger partial charge in [-0.2, -0.15) is 0 Å². The summed E-state index contributed by atoms with van der Waals surface area (Å²) in [7, 11) is 0. The Morgan fingerprint density at radius 3 is 2.08 bits per heavy atom. The molecule has 1 aliphatic rings. The van der Waals surface area contributed by atoms with Gasteiger partial charge < -0.3 is 5.32 Å². The van der Waals surface area contributed by atoms with E-state index in [4.69, 9.17) is 23.2 Å². The van der Waals surface area contributed by atoms with E-state index in [1.807, 2.05) is 0 Å². The van der Waals surface area contributed by atoms with Crippen molar-refractivity contribution >= 4 is 46.6 Å². The minimum Gasteiger partial charge on any atom is -0.323 e. The van der Waals surface area contributed by atoms with Crippen LogP contribution in [0.2, 0.25) is 10.0 Å². The van der Waals surface area contributed by atoms with E-state index in [9.17, 15) is 14.4 Å². The molecule has 0 radical (unpaired) electrons. The molecule has 1 heterocycles. The highest BCUT2D eigenvalue weighted by atomic mass is 35.5. The Kier molecular flexibility index (Phi) is 5.03. The smallest absolute Gasteiger partial charge is 0.262 e. The van der Waals surface area contributed by atoms with Gasteiger partial charge in [-0.05, 0) is 36.2 Å². The summed E-state index contributed by atoms with van der Waals surface area (Å²) in [5.41, 5.74) is 0.976. The van der Waals surface area contributed by atoms with Gasteiger partial charge in [0.25, 0.3) is 11.8 Å². The normalized spacial score (nSPS) is 14.6. The van der Waals surface area contributed by atoms with Gasteiger partial charge >= 0.3 is 0 Å². The Bertz CT molecular complexity index is 876. The van der Waals surface area contributed by atoms with Gasteiger partial charge in [-0.1, -0.05) is 49.2 Å². The molecule has 0 aliphatic carbocycles. The molecule has 0 spiro atoms. The van der Waals surface area contributed by atoms with Crippen LogP contribution in [-0.4, -0.2) is 28.7 Å². The molecule has 5 nitrogen and oxygen atoms in total. The van der Waals surface area contributed by atoms with Crippen molar-refractivity contribution in [2.45, 2.75) is 19.9 Å². The summed E-state index contributed by atoms with van der Waals surface area (Å²) in [6.07, 6.45) is 0. The molecule has 0 aromatic heterocycles. The molecule has 0 saturated carbocycles. The number of benzene rings is 2. The molecule has 2 aromatic carbocycles. The molecule has 3 rings (SSSR count). The Balaban J connectivity index is 1.92. The lowest BCUT2D eigenvalue weighted by molar-refractivity contribution is -0.121. The third-order valence-electron chi connectivity index (χ3n) is 4.19. The first kappa shape index (κ1) is 18.4. The van der Waals surface area contributed by atoms with E-state index in [-0.39, 0.29) is 10.9 Å². The topological polar surface area (TPSA) is 66.5 Å². The summed E-state index contributed by atoms with van der Waals surface area (Å²) in [5.74, 6) is -1.72. The predicted molar refractivity (Wildman–Crippen MR) is 101 cm³/mol. The fourth-order valence-electron chi connectivity index (χ4n) is 2.98. The lowest BCUT2D eigenvalue weighted by Gasteiger charge is -2.28. The van der Waals surface area contributed by atoms with Crippen molar-refractivity contribution in [3.63, 3.8) is 0 Å². The summed E-state index contributed by atoms with van der Waals surface area (Å²) in [6, 6.07) is 10.2. The molecule has 3 amide bonds. The molecule has 2 aromatic rings. The van der Waals surface area contributed by atoms with E-state index in [0.29, 0.717) is 21.8 Å². The van der Waals surface area contributed by atoms with Gasteiger partial charge in [-0.15, -0.1) is 0 Å². The van der Waals surface area contributed by atoms with Gasteiger partial charge in [0, 0.05) is 5.02 Å². The van der Waals surface area contributed by atoms with Crippen molar-refractivity contribution in [1.29, 1.82) is 0 Å². The van der Waals surface area contributed by atoms with E-state index in [1.165, 1.54) is 6.07 Å². The maximum atomic E-state index is 12.9. The van der Waals surface area contributed by atoms with E-state index in [1.54, 1.807) is 50.2 Å². The summed E-state index contributed by atoms with van der Waals surface area (Å²) >= 11 is 12.0. The second-order valence-electron chi connectivity index (χ2n) is 6.33. The number of amides is 3. The van der Waals surface area contributed by atoms with Crippen molar-refractivity contribution in [1.82, 2.24) is 4.90 Å². The SMILES string of the molecule is CC(C)C(C(=O)Nc1ccc(Cl)cc1Cl)N1C(=O)c2ccccc2C1=O. The Morgan fingerprint density at radius 1 is 1.00 bits per heavy atom. The molecule has 26 heavy (non-hydrogen) atoms. The highest BCUT2D eigenvalue weighted by molar-refractivity contribution is 6.36. The summed E-state index contributed by atoms with van der Waals surface area (Å²) in [5, 5.41) is 3.40. The quantitative estimate of drug-likeness (QED) is 0.793. The maximum absolute atomic E-state index is 12.9. The Morgan fingerprint density at radius 2 is 1.58 bits per heavy atom. The van der Waals surface area contributed by atoms with Crippen molar-refractivity contribution < 1.29 is 14.4 Å². The Hall–Kier alpha value is -2.37. The number of hydrogen-bond donors (Lipinski definition) is 1. The molecule has 7 heteroatoms. The maximum Gasteiger partial charge on any atom is 0.262 e. The van der Waals surface area contributed by atoms with Gasteiger partial charge in [-0.3, -0.25) is 19.3 Å². The number of nitrogens with one attached hydrogen (secondary N) is 1. The molecule has 1 aliphatic heterocycles. The second-order valence-corrected chi connectivity index (χ2v) is 7.17. The first-order chi connectivity index (χ1) is 12.3. The van der Waals surface area contributed by atoms with Gasteiger partial charge in [0.2, 0.25) is 5.91 Å². The van der Waals surface area contributed by atoms with Crippen LogP contribution in [0.5, 0.6) is 0 Å². The molecule has 0 bridgehead atoms. The largest absolute Gasteiger partial charge is 0.323 e. The third-order valence-corrected chi connectivity index (χ3v) is 4.74. The first-order valence-corrected chi connectivity index (χ1v) is 8.79. The number of imide groups is 1. The van der Waals surface area contributed by atoms with Crippen LogP contribution in [0.25, 0.3) is 0 Å². The molecular formula is C19H16Cl2N2O3. The number of nitrogens with zero attached hydrogens (tertiary/aromatic N) is 1. The summed E-state index contributed by atoms with van der Waals surface area (Å²) in [6.45, 7) is 3.55. The Labute approximate surface area is 160 Å². The molecule has 1 unspecified atom stereocenters. The zero-order valence-corrected chi connectivity index (χ0v) is 15.6. The van der Waals surface area contributed by atoms with Crippen LogP contribution >= 0.6 is 23.2 Å². The summed E-state index contributed by atoms with van der Waals surface area (Å²) in [4.78, 5) is 39.3. The monoisotopic (exact) mass is 390 g/mol. The lowest BCUT2D eigenvalue weighted by Crippen LogP contribution is -2.50. The van der Waals surface area contributed by atoms with Crippen LogP contribution in [0.4, 0.5) is 5.69 Å².